The molecule has 10 nitrogen and oxygen atoms in total. The molecule has 1 amide bonds. The molecule has 1 unspecified atom stereocenters. The van der Waals surface area contributed by atoms with Crippen molar-refractivity contribution < 1.29 is 24.9 Å². The Bertz CT molecular complexity index is 672. The van der Waals surface area contributed by atoms with E-state index in [1.807, 2.05) is 0 Å². The molecule has 0 bridgehead atoms. The van der Waals surface area contributed by atoms with Crippen molar-refractivity contribution in [3.63, 3.8) is 0 Å². The molecule has 0 saturated carbocycles. The third kappa shape index (κ3) is 2.40. The fourth-order valence-corrected chi connectivity index (χ4v) is 2.95. The number of rotatable bonds is 3. The Morgan fingerprint density at radius 2 is 2.17 bits per heavy atom. The summed E-state index contributed by atoms with van der Waals surface area (Å²) in [4.78, 5) is 15.8. The van der Waals surface area contributed by atoms with Gasteiger partial charge in [0.25, 0.3) is 5.91 Å². The molecule has 1 aromatic rings. The first-order chi connectivity index (χ1) is 10.8. The average molecular weight is 325 g/mol. The van der Waals surface area contributed by atoms with Crippen LogP contribution in [0, 0.1) is 0 Å². The van der Waals surface area contributed by atoms with Crippen LogP contribution in [0.5, 0.6) is 0 Å². The third-order valence-electron chi connectivity index (χ3n) is 4.06. The Balaban J connectivity index is 2.08. The second-order valence-electron chi connectivity index (χ2n) is 5.59. The molecular weight excluding hydrogens is 306 g/mol. The summed E-state index contributed by atoms with van der Waals surface area (Å²) in [6.45, 7) is 1.25. The van der Waals surface area contributed by atoms with Crippen molar-refractivity contribution >= 4 is 17.6 Å². The molecule has 1 aromatic heterocycles. The molecule has 1 fully saturated rings. The van der Waals surface area contributed by atoms with Crippen LogP contribution in [0.1, 0.15) is 35.2 Å². The predicted octanol–water partition coefficient (Wildman–Crippen LogP) is -2.00. The fourth-order valence-electron chi connectivity index (χ4n) is 2.95. The predicted molar refractivity (Wildman–Crippen MR) is 79.6 cm³/mol. The number of carbonyl (C=O) groups is 1. The standard InChI is InChI=1S/C13H19N5O5/c1-4-16-10(14)7-5(11(15)22)2-18(12(7)17-4)13-9(21)8(20)6(3-19)23-13/h2,6,8-10,13,19-21H,3,14H2,1H3,(H2,15,22)(H,16,17)/t6-,8-,9+,10?,13-/m1/s1. The lowest BCUT2D eigenvalue weighted by Crippen LogP contribution is -2.33. The zero-order valence-corrected chi connectivity index (χ0v) is 12.4. The highest BCUT2D eigenvalue weighted by Gasteiger charge is 2.45. The summed E-state index contributed by atoms with van der Waals surface area (Å²) in [6.07, 6.45) is -3.87. The van der Waals surface area contributed by atoms with Gasteiger partial charge in [-0.3, -0.25) is 4.79 Å². The smallest absolute Gasteiger partial charge is 0.250 e. The second-order valence-corrected chi connectivity index (χ2v) is 5.59. The number of nitrogens with one attached hydrogen (secondary N) is 1. The summed E-state index contributed by atoms with van der Waals surface area (Å²) in [6, 6.07) is 0. The Hall–Kier alpha value is -1.98. The molecule has 5 atom stereocenters. The summed E-state index contributed by atoms with van der Waals surface area (Å²) >= 11 is 0. The van der Waals surface area contributed by atoms with Crippen LogP contribution in [0.4, 0.5) is 5.82 Å². The molecule has 1 saturated heterocycles. The third-order valence-corrected chi connectivity index (χ3v) is 4.06. The lowest BCUT2D eigenvalue weighted by Gasteiger charge is -2.24. The minimum absolute atomic E-state index is 0.147. The van der Waals surface area contributed by atoms with Gasteiger partial charge in [-0.15, -0.1) is 0 Å². The zero-order chi connectivity index (χ0) is 16.9. The lowest BCUT2D eigenvalue weighted by molar-refractivity contribution is -0.0516. The summed E-state index contributed by atoms with van der Waals surface area (Å²) in [5, 5.41) is 32.3. The normalized spacial score (nSPS) is 33.1. The van der Waals surface area contributed by atoms with E-state index in [0.717, 1.165) is 0 Å². The number of nitrogens with two attached hydrogens (primary N) is 2. The van der Waals surface area contributed by atoms with E-state index in [9.17, 15) is 20.1 Å². The number of amides is 1. The number of ether oxygens (including phenoxy) is 1. The van der Waals surface area contributed by atoms with Crippen molar-refractivity contribution in [2.75, 3.05) is 11.9 Å². The van der Waals surface area contributed by atoms with Gasteiger partial charge in [-0.05, 0) is 6.92 Å². The molecule has 3 heterocycles. The number of aliphatic imine (C=N–C) groups is 1. The van der Waals surface area contributed by atoms with E-state index < -0.39 is 43.2 Å². The van der Waals surface area contributed by atoms with Gasteiger partial charge in [-0.25, -0.2) is 4.99 Å². The Morgan fingerprint density at radius 1 is 1.48 bits per heavy atom. The van der Waals surface area contributed by atoms with Crippen molar-refractivity contribution in [3.05, 3.63) is 17.3 Å². The van der Waals surface area contributed by atoms with Gasteiger partial charge in [0.1, 0.15) is 36.1 Å². The molecule has 0 aliphatic carbocycles. The maximum atomic E-state index is 11.7. The van der Waals surface area contributed by atoms with Gasteiger partial charge < -0.3 is 41.4 Å². The fraction of sp³-hybridized carbons (Fsp3) is 0.538. The lowest BCUT2D eigenvalue weighted by atomic mass is 10.1. The summed E-state index contributed by atoms with van der Waals surface area (Å²) in [7, 11) is 0. The average Bonchev–Trinajstić information content (AvgIpc) is 2.99. The van der Waals surface area contributed by atoms with E-state index in [4.69, 9.17) is 16.2 Å². The number of nitrogens with zero attached hydrogens (tertiary/aromatic N) is 2. The quantitative estimate of drug-likeness (QED) is 0.373. The van der Waals surface area contributed by atoms with Crippen molar-refractivity contribution in [1.29, 1.82) is 0 Å². The molecule has 3 rings (SSSR count). The zero-order valence-electron chi connectivity index (χ0n) is 12.4. The van der Waals surface area contributed by atoms with E-state index in [2.05, 4.69) is 10.3 Å². The Morgan fingerprint density at radius 3 is 2.74 bits per heavy atom. The highest BCUT2D eigenvalue weighted by Crippen LogP contribution is 2.38. The maximum absolute atomic E-state index is 11.7. The molecule has 8 N–H and O–H groups in total. The van der Waals surface area contributed by atoms with Crippen LogP contribution in [0.3, 0.4) is 0 Å². The first-order valence-electron chi connectivity index (χ1n) is 7.09. The molecule has 0 aromatic carbocycles. The highest BCUT2D eigenvalue weighted by atomic mass is 16.6. The van der Waals surface area contributed by atoms with Crippen LogP contribution in [-0.4, -0.2) is 56.5 Å². The number of carbonyl (C=O) groups excluding carboxylic acids is 1. The monoisotopic (exact) mass is 325 g/mol. The van der Waals surface area contributed by atoms with E-state index in [-0.39, 0.29) is 5.56 Å². The number of hydrogen-bond donors (Lipinski definition) is 6. The molecule has 0 spiro atoms. The largest absolute Gasteiger partial charge is 0.394 e. The van der Waals surface area contributed by atoms with Crippen LogP contribution in [-0.2, 0) is 4.74 Å². The number of aliphatic hydroxyl groups is 3. The SMILES string of the molecule is CC1=NC(N)c2c(C(N)=O)cn([C@@H]3O[C@H](CO)[C@@H](O)[C@@H]3O)c2N1. The molecule has 0 radical (unpaired) electrons. The van der Waals surface area contributed by atoms with E-state index in [1.165, 1.54) is 10.8 Å². The maximum Gasteiger partial charge on any atom is 0.250 e. The molecular formula is C13H19N5O5. The van der Waals surface area contributed by atoms with Crippen LogP contribution in [0.15, 0.2) is 11.2 Å². The van der Waals surface area contributed by atoms with Gasteiger partial charge in [0, 0.05) is 11.8 Å². The highest BCUT2D eigenvalue weighted by molar-refractivity contribution is 6.01. The van der Waals surface area contributed by atoms with Gasteiger partial charge >= 0.3 is 0 Å². The molecule has 2 aliphatic heterocycles. The van der Waals surface area contributed by atoms with E-state index in [1.54, 1.807) is 6.92 Å². The first-order valence-corrected chi connectivity index (χ1v) is 7.09. The number of anilines is 1. The number of aliphatic hydroxyl groups excluding tert-OH is 3. The number of hydrogen-bond acceptors (Lipinski definition) is 8. The van der Waals surface area contributed by atoms with Crippen LogP contribution >= 0.6 is 0 Å². The summed E-state index contributed by atoms with van der Waals surface area (Å²) < 4.78 is 6.93. The molecule has 10 heteroatoms. The number of aromatic nitrogens is 1. The van der Waals surface area contributed by atoms with Gasteiger partial charge in [-0.2, -0.15) is 0 Å². The van der Waals surface area contributed by atoms with Gasteiger partial charge in [0.15, 0.2) is 6.23 Å². The molecule has 126 valence electrons. The summed E-state index contributed by atoms with van der Waals surface area (Å²) in [5.74, 6) is 0.236. The molecule has 23 heavy (non-hydrogen) atoms. The minimum atomic E-state index is -1.29. The number of amidine groups is 1. The topological polar surface area (TPSA) is 168 Å². The van der Waals surface area contributed by atoms with E-state index in [0.29, 0.717) is 17.2 Å². The van der Waals surface area contributed by atoms with Crippen LogP contribution in [0.2, 0.25) is 0 Å². The van der Waals surface area contributed by atoms with Gasteiger partial charge in [0.05, 0.1) is 12.2 Å². The number of primary amides is 1. The van der Waals surface area contributed by atoms with Crippen LogP contribution < -0.4 is 16.8 Å². The van der Waals surface area contributed by atoms with Gasteiger partial charge in [-0.1, -0.05) is 0 Å². The van der Waals surface area contributed by atoms with Crippen molar-refractivity contribution in [2.24, 2.45) is 16.5 Å². The van der Waals surface area contributed by atoms with Crippen molar-refractivity contribution in [1.82, 2.24) is 4.57 Å². The Kier molecular flexibility index (Phi) is 3.86. The molecule has 2 aliphatic rings. The number of fused-ring (bicyclic) bond motifs is 1. The second kappa shape index (κ2) is 5.58. The van der Waals surface area contributed by atoms with Crippen LogP contribution in [0.25, 0.3) is 0 Å². The van der Waals surface area contributed by atoms with Gasteiger partial charge in [0.2, 0.25) is 0 Å². The Labute approximate surface area is 131 Å². The van der Waals surface area contributed by atoms with Crippen molar-refractivity contribution in [2.45, 2.75) is 37.6 Å². The van der Waals surface area contributed by atoms with E-state index >= 15 is 0 Å². The minimum Gasteiger partial charge on any atom is -0.394 e. The first kappa shape index (κ1) is 15.9. The summed E-state index contributed by atoms with van der Waals surface area (Å²) in [5.41, 5.74) is 11.9. The van der Waals surface area contributed by atoms with Crippen molar-refractivity contribution in [3.8, 4) is 0 Å².